The highest BCUT2D eigenvalue weighted by Gasteiger charge is 2.09. The van der Waals surface area contributed by atoms with Gasteiger partial charge in [-0.1, -0.05) is 17.7 Å². The lowest BCUT2D eigenvalue weighted by Gasteiger charge is -2.04. The van der Waals surface area contributed by atoms with Crippen molar-refractivity contribution >= 4 is 22.9 Å². The number of hydrogen-bond donors (Lipinski definition) is 1. The lowest BCUT2D eigenvalue weighted by Crippen LogP contribution is -2.14. The minimum Gasteiger partial charge on any atom is -0.486 e. The number of aromatic nitrogens is 1. The van der Waals surface area contributed by atoms with Crippen LogP contribution in [0.3, 0.4) is 0 Å². The third-order valence-corrected chi connectivity index (χ3v) is 4.32. The minimum atomic E-state index is -0.337. The van der Waals surface area contributed by atoms with Gasteiger partial charge in [0.25, 0.3) is 0 Å². The van der Waals surface area contributed by atoms with Crippen molar-refractivity contribution in [3.8, 4) is 5.75 Å². The van der Waals surface area contributed by atoms with Crippen LogP contribution in [-0.2, 0) is 17.8 Å². The molecular formula is C19H17FN2O2S. The molecule has 6 heteroatoms. The molecule has 2 aromatic carbocycles. The number of ether oxygens (including phenoxy) is 1. The number of halogens is 1. The van der Waals surface area contributed by atoms with Crippen molar-refractivity contribution in [2.45, 2.75) is 20.0 Å². The molecule has 1 amide bonds. The van der Waals surface area contributed by atoms with Gasteiger partial charge in [0.05, 0.1) is 12.1 Å². The number of nitrogens with zero attached hydrogens (tertiary/aromatic N) is 1. The Labute approximate surface area is 149 Å². The smallest absolute Gasteiger partial charge is 0.230 e. The van der Waals surface area contributed by atoms with Crippen LogP contribution in [-0.4, -0.2) is 10.9 Å². The van der Waals surface area contributed by atoms with Crippen LogP contribution >= 0.6 is 11.3 Å². The average Bonchev–Trinajstić information content (AvgIpc) is 3.04. The topological polar surface area (TPSA) is 51.2 Å². The molecule has 0 fully saturated rings. The van der Waals surface area contributed by atoms with Gasteiger partial charge >= 0.3 is 0 Å². The normalized spacial score (nSPS) is 10.5. The van der Waals surface area contributed by atoms with Gasteiger partial charge in [-0.2, -0.15) is 0 Å². The van der Waals surface area contributed by atoms with E-state index in [0.717, 1.165) is 10.8 Å². The van der Waals surface area contributed by atoms with Crippen molar-refractivity contribution < 1.29 is 13.9 Å². The quantitative estimate of drug-likeness (QED) is 0.714. The zero-order valence-electron chi connectivity index (χ0n) is 13.7. The first-order valence-corrected chi connectivity index (χ1v) is 8.64. The van der Waals surface area contributed by atoms with Crippen molar-refractivity contribution in [3.63, 3.8) is 0 Å². The average molecular weight is 356 g/mol. The number of hydrogen-bond acceptors (Lipinski definition) is 4. The van der Waals surface area contributed by atoms with E-state index in [4.69, 9.17) is 4.74 Å². The lowest BCUT2D eigenvalue weighted by atomic mass is 10.2. The number of carbonyl (C=O) groups is 1. The van der Waals surface area contributed by atoms with E-state index in [0.29, 0.717) is 18.0 Å². The molecule has 1 N–H and O–H groups in total. The Bertz CT molecular complexity index is 845. The molecule has 0 atom stereocenters. The van der Waals surface area contributed by atoms with Crippen LogP contribution in [0.25, 0.3) is 0 Å². The standard InChI is InChI=1S/C19H17FN2O2S/c1-13-2-8-17(9-3-13)24-11-19-22-16(12-25-19)10-18(23)21-15-6-4-14(20)5-7-15/h2-9,12H,10-11H2,1H3,(H,21,23). The SMILES string of the molecule is Cc1ccc(OCc2nc(CC(=O)Nc3ccc(F)cc3)cs2)cc1. The maximum Gasteiger partial charge on any atom is 0.230 e. The summed E-state index contributed by atoms with van der Waals surface area (Å²) in [6, 6.07) is 13.5. The summed E-state index contributed by atoms with van der Waals surface area (Å²) in [4.78, 5) is 16.4. The first-order chi connectivity index (χ1) is 12.1. The van der Waals surface area contributed by atoms with Crippen LogP contribution in [0.1, 0.15) is 16.3 Å². The summed E-state index contributed by atoms with van der Waals surface area (Å²) in [5.74, 6) is 0.259. The summed E-state index contributed by atoms with van der Waals surface area (Å²) in [5.41, 5.74) is 2.42. The lowest BCUT2D eigenvalue weighted by molar-refractivity contribution is -0.115. The summed E-state index contributed by atoms with van der Waals surface area (Å²) in [6.45, 7) is 2.39. The summed E-state index contributed by atoms with van der Waals surface area (Å²) < 4.78 is 18.5. The third kappa shape index (κ3) is 5.12. The summed E-state index contributed by atoms with van der Waals surface area (Å²) in [7, 11) is 0. The van der Waals surface area contributed by atoms with Crippen LogP contribution in [0.2, 0.25) is 0 Å². The monoisotopic (exact) mass is 356 g/mol. The zero-order valence-corrected chi connectivity index (χ0v) is 14.5. The largest absolute Gasteiger partial charge is 0.486 e. The number of benzene rings is 2. The predicted molar refractivity (Wildman–Crippen MR) is 96.4 cm³/mol. The zero-order chi connectivity index (χ0) is 17.6. The Morgan fingerprint density at radius 3 is 2.60 bits per heavy atom. The Morgan fingerprint density at radius 2 is 1.88 bits per heavy atom. The van der Waals surface area contributed by atoms with Crippen molar-refractivity contribution in [2.75, 3.05) is 5.32 Å². The number of amides is 1. The Kier molecular flexibility index (Phi) is 5.40. The molecule has 0 aliphatic heterocycles. The van der Waals surface area contributed by atoms with Gasteiger partial charge in [-0.05, 0) is 43.3 Å². The molecule has 3 rings (SSSR count). The van der Waals surface area contributed by atoms with Crippen LogP contribution in [0.4, 0.5) is 10.1 Å². The Morgan fingerprint density at radius 1 is 1.16 bits per heavy atom. The summed E-state index contributed by atoms with van der Waals surface area (Å²) in [6.07, 6.45) is 0.165. The Hall–Kier alpha value is -2.73. The second-order valence-corrected chi connectivity index (χ2v) is 6.51. The second-order valence-electron chi connectivity index (χ2n) is 5.57. The van der Waals surface area contributed by atoms with E-state index in [-0.39, 0.29) is 18.1 Å². The molecule has 25 heavy (non-hydrogen) atoms. The van der Waals surface area contributed by atoms with Crippen molar-refractivity contribution in [1.82, 2.24) is 4.98 Å². The van der Waals surface area contributed by atoms with Gasteiger partial charge in [-0.15, -0.1) is 11.3 Å². The highest BCUT2D eigenvalue weighted by molar-refractivity contribution is 7.09. The van der Waals surface area contributed by atoms with Gasteiger partial charge in [0.15, 0.2) is 0 Å². The number of carbonyl (C=O) groups excluding carboxylic acids is 1. The molecule has 0 radical (unpaired) electrons. The molecule has 3 aromatic rings. The van der Waals surface area contributed by atoms with Crippen molar-refractivity contribution in [1.29, 1.82) is 0 Å². The van der Waals surface area contributed by atoms with Crippen molar-refractivity contribution in [3.05, 3.63) is 76.0 Å². The van der Waals surface area contributed by atoms with E-state index < -0.39 is 0 Å². The fourth-order valence-electron chi connectivity index (χ4n) is 2.18. The number of nitrogens with one attached hydrogen (secondary N) is 1. The third-order valence-electron chi connectivity index (χ3n) is 3.45. The van der Waals surface area contributed by atoms with E-state index in [1.165, 1.54) is 41.2 Å². The van der Waals surface area contributed by atoms with Crippen LogP contribution < -0.4 is 10.1 Å². The van der Waals surface area contributed by atoms with Gasteiger partial charge in [-0.25, -0.2) is 9.37 Å². The van der Waals surface area contributed by atoms with Gasteiger partial charge in [0, 0.05) is 11.1 Å². The van der Waals surface area contributed by atoms with Crippen LogP contribution in [0.5, 0.6) is 5.75 Å². The maximum atomic E-state index is 12.9. The maximum absolute atomic E-state index is 12.9. The van der Waals surface area contributed by atoms with Gasteiger partial charge in [0.1, 0.15) is 23.2 Å². The molecule has 4 nitrogen and oxygen atoms in total. The van der Waals surface area contributed by atoms with E-state index in [1.54, 1.807) is 0 Å². The predicted octanol–water partition coefficient (Wildman–Crippen LogP) is 4.35. The number of thiazole rings is 1. The number of aryl methyl sites for hydroxylation is 1. The minimum absolute atomic E-state index is 0.165. The number of anilines is 1. The fourth-order valence-corrected chi connectivity index (χ4v) is 2.88. The van der Waals surface area contributed by atoms with Crippen molar-refractivity contribution in [2.24, 2.45) is 0 Å². The highest BCUT2D eigenvalue weighted by Crippen LogP contribution is 2.17. The van der Waals surface area contributed by atoms with E-state index in [2.05, 4.69) is 10.3 Å². The molecule has 0 bridgehead atoms. The molecule has 0 aliphatic carbocycles. The van der Waals surface area contributed by atoms with Gasteiger partial charge in [-0.3, -0.25) is 4.79 Å². The second kappa shape index (κ2) is 7.90. The highest BCUT2D eigenvalue weighted by atomic mass is 32.1. The van der Waals surface area contributed by atoms with Crippen LogP contribution in [0.15, 0.2) is 53.9 Å². The van der Waals surface area contributed by atoms with E-state index >= 15 is 0 Å². The first kappa shape index (κ1) is 17.1. The Balaban J connectivity index is 1.51. The molecule has 0 saturated carbocycles. The van der Waals surface area contributed by atoms with Crippen LogP contribution in [0, 0.1) is 12.7 Å². The molecule has 128 valence electrons. The van der Waals surface area contributed by atoms with Gasteiger partial charge < -0.3 is 10.1 Å². The summed E-state index contributed by atoms with van der Waals surface area (Å²) >= 11 is 1.46. The van der Waals surface area contributed by atoms with E-state index in [9.17, 15) is 9.18 Å². The molecular weight excluding hydrogens is 339 g/mol. The molecule has 0 spiro atoms. The molecule has 1 aromatic heterocycles. The number of rotatable bonds is 6. The molecule has 0 unspecified atom stereocenters. The van der Waals surface area contributed by atoms with Gasteiger partial charge in [0.2, 0.25) is 5.91 Å². The summed E-state index contributed by atoms with van der Waals surface area (Å²) in [5, 5.41) is 5.37. The molecule has 0 saturated heterocycles. The first-order valence-electron chi connectivity index (χ1n) is 7.77. The molecule has 1 heterocycles. The fraction of sp³-hybridized carbons (Fsp3) is 0.158. The molecule has 0 aliphatic rings. The van der Waals surface area contributed by atoms with E-state index in [1.807, 2.05) is 36.6 Å².